The van der Waals surface area contributed by atoms with E-state index in [2.05, 4.69) is 11.9 Å². The zero-order valence-electron chi connectivity index (χ0n) is 8.61. The maximum absolute atomic E-state index is 11.6. The SMILES string of the molecule is C=CCS(=O)(=O)CC(=O)N1CCNCC1. The summed E-state index contributed by atoms with van der Waals surface area (Å²) >= 11 is 0. The highest BCUT2D eigenvalue weighted by Gasteiger charge is 2.21. The van der Waals surface area contributed by atoms with Crippen LogP contribution in [0.15, 0.2) is 12.7 Å². The number of sulfone groups is 1. The van der Waals surface area contributed by atoms with E-state index in [1.54, 1.807) is 4.90 Å². The van der Waals surface area contributed by atoms with Crippen LogP contribution in [0.2, 0.25) is 0 Å². The first-order valence-electron chi connectivity index (χ1n) is 4.85. The van der Waals surface area contributed by atoms with Gasteiger partial charge in [-0.05, 0) is 0 Å². The Morgan fingerprint density at radius 1 is 1.40 bits per heavy atom. The van der Waals surface area contributed by atoms with Gasteiger partial charge in [0.1, 0.15) is 5.75 Å². The Hall–Kier alpha value is -0.880. The molecule has 6 heteroatoms. The lowest BCUT2D eigenvalue weighted by molar-refractivity contribution is -0.128. The highest BCUT2D eigenvalue weighted by atomic mass is 32.2. The van der Waals surface area contributed by atoms with Crippen molar-refractivity contribution in [2.75, 3.05) is 37.7 Å². The molecule has 0 unspecified atom stereocenters. The zero-order valence-corrected chi connectivity index (χ0v) is 9.42. The minimum Gasteiger partial charge on any atom is -0.339 e. The number of hydrogen-bond donors (Lipinski definition) is 1. The predicted molar refractivity (Wildman–Crippen MR) is 58.3 cm³/mol. The maximum Gasteiger partial charge on any atom is 0.237 e. The minimum absolute atomic E-state index is 0.134. The van der Waals surface area contributed by atoms with Crippen LogP contribution in [0.3, 0.4) is 0 Å². The average molecular weight is 232 g/mol. The summed E-state index contributed by atoms with van der Waals surface area (Å²) in [6.45, 7) is 5.98. The average Bonchev–Trinajstić information content (AvgIpc) is 2.18. The third-order valence-corrected chi connectivity index (χ3v) is 3.62. The first-order valence-corrected chi connectivity index (χ1v) is 6.67. The fourth-order valence-corrected chi connectivity index (χ4v) is 2.47. The summed E-state index contributed by atoms with van der Waals surface area (Å²) in [5.41, 5.74) is 0. The highest BCUT2D eigenvalue weighted by molar-refractivity contribution is 7.92. The number of carbonyl (C=O) groups excluding carboxylic acids is 1. The molecule has 1 saturated heterocycles. The lowest BCUT2D eigenvalue weighted by Gasteiger charge is -2.27. The van der Waals surface area contributed by atoms with Crippen LogP contribution < -0.4 is 5.32 Å². The van der Waals surface area contributed by atoms with Crippen LogP contribution in [0.1, 0.15) is 0 Å². The van der Waals surface area contributed by atoms with E-state index in [0.29, 0.717) is 13.1 Å². The van der Waals surface area contributed by atoms with Crippen LogP contribution in [-0.4, -0.2) is 56.9 Å². The monoisotopic (exact) mass is 232 g/mol. The number of hydrogen-bond acceptors (Lipinski definition) is 4. The second kappa shape index (κ2) is 5.27. The second-order valence-corrected chi connectivity index (χ2v) is 5.58. The van der Waals surface area contributed by atoms with Gasteiger partial charge in [0.15, 0.2) is 9.84 Å². The summed E-state index contributed by atoms with van der Waals surface area (Å²) in [7, 11) is -3.31. The van der Waals surface area contributed by atoms with Crippen LogP contribution in [0, 0.1) is 0 Å². The van der Waals surface area contributed by atoms with Crippen molar-refractivity contribution in [3.8, 4) is 0 Å². The van der Waals surface area contributed by atoms with E-state index in [1.165, 1.54) is 6.08 Å². The molecule has 5 nitrogen and oxygen atoms in total. The molecule has 0 aliphatic carbocycles. The molecular weight excluding hydrogens is 216 g/mol. The number of nitrogens with one attached hydrogen (secondary N) is 1. The van der Waals surface area contributed by atoms with Gasteiger partial charge in [0, 0.05) is 26.2 Å². The van der Waals surface area contributed by atoms with Crippen molar-refractivity contribution in [2.45, 2.75) is 0 Å². The molecule has 1 amide bonds. The van der Waals surface area contributed by atoms with E-state index < -0.39 is 15.6 Å². The van der Waals surface area contributed by atoms with E-state index in [1.807, 2.05) is 0 Å². The van der Waals surface area contributed by atoms with Crippen molar-refractivity contribution in [1.82, 2.24) is 10.2 Å². The van der Waals surface area contributed by atoms with Gasteiger partial charge in [-0.25, -0.2) is 8.42 Å². The molecule has 1 aliphatic rings. The van der Waals surface area contributed by atoms with E-state index >= 15 is 0 Å². The molecule has 1 fully saturated rings. The van der Waals surface area contributed by atoms with Gasteiger partial charge in [0.05, 0.1) is 5.75 Å². The topological polar surface area (TPSA) is 66.5 Å². The van der Waals surface area contributed by atoms with Gasteiger partial charge >= 0.3 is 0 Å². The summed E-state index contributed by atoms with van der Waals surface area (Å²) in [6.07, 6.45) is 1.31. The first-order chi connectivity index (χ1) is 7.05. The van der Waals surface area contributed by atoms with Crippen molar-refractivity contribution in [2.24, 2.45) is 0 Å². The maximum atomic E-state index is 11.6. The first kappa shape index (κ1) is 12.2. The van der Waals surface area contributed by atoms with Crippen molar-refractivity contribution in [3.63, 3.8) is 0 Å². The van der Waals surface area contributed by atoms with Crippen LogP contribution in [0.5, 0.6) is 0 Å². The molecule has 1 heterocycles. The van der Waals surface area contributed by atoms with Gasteiger partial charge in [-0.3, -0.25) is 4.79 Å². The quantitative estimate of drug-likeness (QED) is 0.633. The third-order valence-electron chi connectivity index (χ3n) is 2.18. The number of piperazine rings is 1. The molecule has 86 valence electrons. The van der Waals surface area contributed by atoms with E-state index in [-0.39, 0.29) is 11.7 Å². The molecule has 0 saturated carbocycles. The van der Waals surface area contributed by atoms with Gasteiger partial charge in [-0.1, -0.05) is 6.08 Å². The lowest BCUT2D eigenvalue weighted by atomic mass is 10.3. The second-order valence-electron chi connectivity index (χ2n) is 3.47. The standard InChI is InChI=1S/C9H16N2O3S/c1-2-7-15(13,14)8-9(12)11-5-3-10-4-6-11/h2,10H,1,3-8H2. The largest absolute Gasteiger partial charge is 0.339 e. The van der Waals surface area contributed by atoms with Crippen molar-refractivity contribution in [1.29, 1.82) is 0 Å². The molecule has 0 bridgehead atoms. The normalized spacial score (nSPS) is 17.5. The van der Waals surface area contributed by atoms with Crippen LogP contribution in [-0.2, 0) is 14.6 Å². The number of nitrogens with zero attached hydrogens (tertiary/aromatic N) is 1. The molecule has 1 aliphatic heterocycles. The highest BCUT2D eigenvalue weighted by Crippen LogP contribution is 1.98. The Morgan fingerprint density at radius 3 is 2.53 bits per heavy atom. The molecule has 0 aromatic rings. The smallest absolute Gasteiger partial charge is 0.237 e. The minimum atomic E-state index is -3.31. The Kier molecular flexibility index (Phi) is 4.28. The number of carbonyl (C=O) groups is 1. The van der Waals surface area contributed by atoms with Crippen LogP contribution in [0.25, 0.3) is 0 Å². The van der Waals surface area contributed by atoms with E-state index in [9.17, 15) is 13.2 Å². The Bertz CT molecular complexity index is 331. The summed E-state index contributed by atoms with van der Waals surface area (Å²) in [4.78, 5) is 13.2. The van der Waals surface area contributed by atoms with Gasteiger partial charge in [-0.15, -0.1) is 6.58 Å². The van der Waals surface area contributed by atoms with Gasteiger partial charge < -0.3 is 10.2 Å². The summed E-state index contributed by atoms with van der Waals surface area (Å²) < 4.78 is 22.7. The zero-order chi connectivity index (χ0) is 11.3. The van der Waals surface area contributed by atoms with Crippen LogP contribution >= 0.6 is 0 Å². The Morgan fingerprint density at radius 2 is 2.00 bits per heavy atom. The Balaban J connectivity index is 2.50. The molecule has 1 rings (SSSR count). The fraction of sp³-hybridized carbons (Fsp3) is 0.667. The lowest BCUT2D eigenvalue weighted by Crippen LogP contribution is -2.48. The number of amides is 1. The summed E-state index contributed by atoms with van der Waals surface area (Å²) in [5.74, 6) is -0.845. The van der Waals surface area contributed by atoms with E-state index in [4.69, 9.17) is 0 Å². The number of rotatable bonds is 4. The molecule has 0 atom stereocenters. The van der Waals surface area contributed by atoms with Crippen molar-refractivity contribution >= 4 is 15.7 Å². The third kappa shape index (κ3) is 4.01. The van der Waals surface area contributed by atoms with Crippen molar-refractivity contribution in [3.05, 3.63) is 12.7 Å². The molecule has 1 N–H and O–H groups in total. The summed E-state index contributed by atoms with van der Waals surface area (Å²) in [5, 5.41) is 3.10. The van der Waals surface area contributed by atoms with Crippen molar-refractivity contribution < 1.29 is 13.2 Å². The van der Waals surface area contributed by atoms with Crippen LogP contribution in [0.4, 0.5) is 0 Å². The molecule has 15 heavy (non-hydrogen) atoms. The molecule has 0 spiro atoms. The van der Waals surface area contributed by atoms with Gasteiger partial charge in [-0.2, -0.15) is 0 Å². The summed E-state index contributed by atoms with van der Waals surface area (Å²) in [6, 6.07) is 0. The molecule has 0 aromatic heterocycles. The van der Waals surface area contributed by atoms with Gasteiger partial charge in [0.25, 0.3) is 0 Å². The van der Waals surface area contributed by atoms with E-state index in [0.717, 1.165) is 13.1 Å². The molecular formula is C9H16N2O3S. The fourth-order valence-electron chi connectivity index (χ4n) is 1.43. The Labute approximate surface area is 90.1 Å². The molecule has 0 aromatic carbocycles. The van der Waals surface area contributed by atoms with Gasteiger partial charge in [0.2, 0.25) is 5.91 Å². The predicted octanol–water partition coefficient (Wildman–Crippen LogP) is -0.981. The molecule has 0 radical (unpaired) electrons.